The SMILES string of the molecule is Cc1[nH]c2ccccc2c1C(=O)C(=O)Nc1nc(-c2ccc(OC(F)F)cc2)c(C)s1. The average Bonchev–Trinajstić information content (AvgIpc) is 3.26. The molecular weight excluding hydrogens is 424 g/mol. The van der Waals surface area contributed by atoms with E-state index in [1.54, 1.807) is 31.2 Å². The topological polar surface area (TPSA) is 84.1 Å². The van der Waals surface area contributed by atoms with Crippen LogP contribution in [0.25, 0.3) is 22.2 Å². The van der Waals surface area contributed by atoms with Crippen molar-refractivity contribution in [3.05, 3.63) is 64.7 Å². The molecule has 4 rings (SSSR count). The number of aromatic amines is 1. The number of carbonyl (C=O) groups is 2. The molecule has 4 aromatic rings. The number of benzene rings is 2. The van der Waals surface area contributed by atoms with Gasteiger partial charge in [-0.25, -0.2) is 4.98 Å². The van der Waals surface area contributed by atoms with E-state index in [1.807, 2.05) is 19.1 Å². The summed E-state index contributed by atoms with van der Waals surface area (Å²) in [6.07, 6.45) is 0. The minimum atomic E-state index is -2.90. The Morgan fingerprint density at radius 1 is 1.10 bits per heavy atom. The highest BCUT2D eigenvalue weighted by molar-refractivity contribution is 7.16. The third kappa shape index (κ3) is 4.17. The standard InChI is InChI=1S/C22H17F2N3O3S/c1-11-17(15-5-3-4-6-16(15)25-11)19(28)20(29)27-22-26-18(12(2)31-22)13-7-9-14(10-8-13)30-21(23)24/h3-10,21,25H,1-2H3,(H,26,27,29). The van der Waals surface area contributed by atoms with Gasteiger partial charge in [0.15, 0.2) is 5.13 Å². The van der Waals surface area contributed by atoms with Gasteiger partial charge in [0.2, 0.25) is 0 Å². The summed E-state index contributed by atoms with van der Waals surface area (Å²) >= 11 is 1.22. The Kier molecular flexibility index (Phi) is 5.51. The Labute approximate surface area is 179 Å². The van der Waals surface area contributed by atoms with Crippen molar-refractivity contribution in [2.24, 2.45) is 0 Å². The van der Waals surface area contributed by atoms with Crippen LogP contribution in [-0.2, 0) is 4.79 Å². The molecule has 2 N–H and O–H groups in total. The van der Waals surface area contributed by atoms with Gasteiger partial charge < -0.3 is 9.72 Å². The lowest BCUT2D eigenvalue weighted by molar-refractivity contribution is -0.112. The molecule has 2 heterocycles. The first-order valence-electron chi connectivity index (χ1n) is 9.29. The zero-order chi connectivity index (χ0) is 22.1. The number of hydrogen-bond acceptors (Lipinski definition) is 5. The summed E-state index contributed by atoms with van der Waals surface area (Å²) in [4.78, 5) is 33.7. The van der Waals surface area contributed by atoms with Gasteiger partial charge in [0.1, 0.15) is 5.75 Å². The predicted molar refractivity (Wildman–Crippen MR) is 115 cm³/mol. The molecule has 9 heteroatoms. The van der Waals surface area contributed by atoms with Crippen LogP contribution in [0.1, 0.15) is 20.9 Å². The number of Topliss-reactive ketones (excluding diaryl/α,β-unsaturated/α-hetero) is 1. The Balaban J connectivity index is 1.54. The second kappa shape index (κ2) is 8.27. The lowest BCUT2D eigenvalue weighted by atomic mass is 10.1. The summed E-state index contributed by atoms with van der Waals surface area (Å²) in [6, 6.07) is 13.3. The fourth-order valence-corrected chi connectivity index (χ4v) is 4.18. The molecule has 0 saturated heterocycles. The van der Waals surface area contributed by atoms with Gasteiger partial charge in [-0.3, -0.25) is 14.9 Å². The molecule has 0 saturated carbocycles. The Morgan fingerprint density at radius 3 is 2.52 bits per heavy atom. The quantitative estimate of drug-likeness (QED) is 0.313. The Morgan fingerprint density at radius 2 is 1.81 bits per heavy atom. The highest BCUT2D eigenvalue weighted by Crippen LogP contribution is 2.32. The normalized spacial score (nSPS) is 11.1. The van der Waals surface area contributed by atoms with E-state index in [1.165, 1.54) is 23.5 Å². The third-order valence-corrected chi connectivity index (χ3v) is 5.58. The lowest BCUT2D eigenvalue weighted by Crippen LogP contribution is -2.23. The number of aromatic nitrogens is 2. The van der Waals surface area contributed by atoms with Gasteiger partial charge in [-0.05, 0) is 44.2 Å². The molecule has 0 unspecified atom stereocenters. The van der Waals surface area contributed by atoms with Crippen LogP contribution < -0.4 is 10.1 Å². The van der Waals surface area contributed by atoms with Crippen molar-refractivity contribution in [3.63, 3.8) is 0 Å². The van der Waals surface area contributed by atoms with Crippen LogP contribution in [0, 0.1) is 13.8 Å². The third-order valence-electron chi connectivity index (χ3n) is 4.70. The minimum Gasteiger partial charge on any atom is -0.435 e. The number of fused-ring (bicyclic) bond motifs is 1. The zero-order valence-corrected chi connectivity index (χ0v) is 17.3. The Bertz CT molecular complexity index is 1280. The monoisotopic (exact) mass is 441 g/mol. The van der Waals surface area contributed by atoms with Crippen molar-refractivity contribution >= 4 is 39.1 Å². The van der Waals surface area contributed by atoms with Crippen LogP contribution in [0.5, 0.6) is 5.75 Å². The lowest BCUT2D eigenvalue weighted by Gasteiger charge is -2.05. The van der Waals surface area contributed by atoms with Crippen molar-refractivity contribution in [1.29, 1.82) is 0 Å². The van der Waals surface area contributed by atoms with Gasteiger partial charge in [-0.15, -0.1) is 11.3 Å². The molecule has 1 amide bonds. The van der Waals surface area contributed by atoms with Gasteiger partial charge in [0, 0.05) is 27.0 Å². The molecule has 31 heavy (non-hydrogen) atoms. The maximum atomic E-state index is 12.8. The van der Waals surface area contributed by atoms with Crippen molar-refractivity contribution in [3.8, 4) is 17.0 Å². The number of carbonyl (C=O) groups excluding carboxylic acids is 2. The number of nitrogens with one attached hydrogen (secondary N) is 2. The number of rotatable bonds is 6. The van der Waals surface area contributed by atoms with Gasteiger partial charge >= 0.3 is 6.61 Å². The number of aryl methyl sites for hydroxylation is 2. The number of nitrogens with zero attached hydrogens (tertiary/aromatic N) is 1. The number of halogens is 2. The fourth-order valence-electron chi connectivity index (χ4n) is 3.35. The fraction of sp³-hybridized carbons (Fsp3) is 0.136. The first kappa shape index (κ1) is 20.7. The van der Waals surface area contributed by atoms with Crippen LogP contribution >= 0.6 is 11.3 Å². The molecule has 158 valence electrons. The number of anilines is 1. The highest BCUT2D eigenvalue weighted by atomic mass is 32.1. The molecule has 2 aromatic carbocycles. The van der Waals surface area contributed by atoms with Gasteiger partial charge in [0.05, 0.1) is 11.3 Å². The first-order chi connectivity index (χ1) is 14.8. The van der Waals surface area contributed by atoms with Crippen LogP contribution in [-0.4, -0.2) is 28.3 Å². The highest BCUT2D eigenvalue weighted by Gasteiger charge is 2.24. The molecule has 0 bridgehead atoms. The van der Waals surface area contributed by atoms with E-state index in [0.29, 0.717) is 27.9 Å². The number of para-hydroxylation sites is 1. The average molecular weight is 441 g/mol. The van der Waals surface area contributed by atoms with E-state index in [-0.39, 0.29) is 10.9 Å². The summed E-state index contributed by atoms with van der Waals surface area (Å²) in [5.41, 5.74) is 2.98. The van der Waals surface area contributed by atoms with Crippen molar-refractivity contribution in [2.45, 2.75) is 20.5 Å². The largest absolute Gasteiger partial charge is 0.435 e. The molecule has 0 aliphatic rings. The second-order valence-corrected chi connectivity index (χ2v) is 7.98. The predicted octanol–water partition coefficient (Wildman–Crippen LogP) is 5.33. The van der Waals surface area contributed by atoms with Crippen molar-refractivity contribution < 1.29 is 23.1 Å². The Hall–Kier alpha value is -3.59. The number of hydrogen-bond donors (Lipinski definition) is 2. The first-order valence-corrected chi connectivity index (χ1v) is 10.1. The van der Waals surface area contributed by atoms with Crippen LogP contribution in [0.4, 0.5) is 13.9 Å². The minimum absolute atomic E-state index is 0.0415. The molecule has 6 nitrogen and oxygen atoms in total. The number of ether oxygens (including phenoxy) is 1. The van der Waals surface area contributed by atoms with E-state index in [2.05, 4.69) is 20.0 Å². The van der Waals surface area contributed by atoms with E-state index in [9.17, 15) is 18.4 Å². The van der Waals surface area contributed by atoms with E-state index >= 15 is 0 Å². The van der Waals surface area contributed by atoms with Crippen LogP contribution in [0.15, 0.2) is 48.5 Å². The molecule has 0 spiro atoms. The number of thiazole rings is 1. The number of amides is 1. The molecular formula is C22H17F2N3O3S. The van der Waals surface area contributed by atoms with E-state index in [0.717, 1.165) is 10.4 Å². The molecule has 0 aliphatic heterocycles. The van der Waals surface area contributed by atoms with Gasteiger partial charge in [0.25, 0.3) is 11.7 Å². The number of alkyl halides is 2. The van der Waals surface area contributed by atoms with E-state index in [4.69, 9.17) is 0 Å². The maximum Gasteiger partial charge on any atom is 0.387 e. The van der Waals surface area contributed by atoms with Gasteiger partial charge in [-0.2, -0.15) is 8.78 Å². The van der Waals surface area contributed by atoms with Gasteiger partial charge in [-0.1, -0.05) is 18.2 Å². The van der Waals surface area contributed by atoms with E-state index < -0.39 is 18.3 Å². The van der Waals surface area contributed by atoms with Crippen LogP contribution in [0.3, 0.4) is 0 Å². The second-order valence-electron chi connectivity index (χ2n) is 6.78. The van der Waals surface area contributed by atoms with Crippen molar-refractivity contribution in [2.75, 3.05) is 5.32 Å². The molecule has 0 atom stereocenters. The zero-order valence-electron chi connectivity index (χ0n) is 16.5. The molecule has 0 fully saturated rings. The molecule has 2 aromatic heterocycles. The van der Waals surface area contributed by atoms with Crippen LogP contribution in [0.2, 0.25) is 0 Å². The maximum absolute atomic E-state index is 12.8. The molecule has 0 aliphatic carbocycles. The smallest absolute Gasteiger partial charge is 0.387 e. The summed E-state index contributed by atoms with van der Waals surface area (Å²) in [7, 11) is 0. The van der Waals surface area contributed by atoms with Crippen molar-refractivity contribution in [1.82, 2.24) is 9.97 Å². The number of ketones is 1. The summed E-state index contributed by atoms with van der Waals surface area (Å²) < 4.78 is 29.0. The molecule has 0 radical (unpaired) electrons. The number of H-pyrrole nitrogens is 1. The summed E-state index contributed by atoms with van der Waals surface area (Å²) in [5.74, 6) is -1.40. The summed E-state index contributed by atoms with van der Waals surface area (Å²) in [6.45, 7) is 0.665. The summed E-state index contributed by atoms with van der Waals surface area (Å²) in [5, 5.41) is 3.53.